The van der Waals surface area contributed by atoms with Crippen molar-refractivity contribution in [2.24, 2.45) is 0 Å². The Labute approximate surface area is 488 Å². The van der Waals surface area contributed by atoms with Crippen molar-refractivity contribution >= 4 is 17.7 Å². The topological polar surface area (TPSA) is 124 Å². The maximum Gasteiger partial charge on any atom is 0.219 e. The van der Waals surface area contributed by atoms with Crippen molar-refractivity contribution < 1.29 is 43.2 Å². The lowest BCUT2D eigenvalue weighted by molar-refractivity contribution is -0.572. The van der Waals surface area contributed by atoms with Crippen LogP contribution in [0.25, 0.3) is 78.7 Å². The van der Waals surface area contributed by atoms with E-state index in [0.717, 1.165) is 92.5 Å². The van der Waals surface area contributed by atoms with E-state index in [4.69, 9.17) is 29.3 Å². The zero-order chi connectivity index (χ0) is 58.2. The summed E-state index contributed by atoms with van der Waals surface area (Å²) in [6.45, 7) is 1.94. The Morgan fingerprint density at radius 2 is 0.476 bits per heavy atom. The van der Waals surface area contributed by atoms with Gasteiger partial charge in [-0.15, -0.1) is 0 Å². The van der Waals surface area contributed by atoms with Crippen LogP contribution in [0, 0.1) is 0 Å². The fourth-order valence-electron chi connectivity index (χ4n) is 9.74. The third kappa shape index (κ3) is 14.0. The van der Waals surface area contributed by atoms with Crippen LogP contribution in [0.3, 0.4) is 0 Å². The van der Waals surface area contributed by atoms with Crippen molar-refractivity contribution in [1.29, 1.82) is 0 Å². The summed E-state index contributed by atoms with van der Waals surface area (Å²) < 4.78 is 17.3. The van der Waals surface area contributed by atoms with Crippen molar-refractivity contribution in [2.45, 2.75) is 13.8 Å². The molecule has 9 nitrogen and oxygen atoms in total. The van der Waals surface area contributed by atoms with E-state index in [2.05, 4.69) is 203 Å². The number of hydrogen-bond acceptors (Lipinski definition) is 7. The number of aromatic nitrogens is 2. The van der Waals surface area contributed by atoms with E-state index in [-0.39, 0.29) is 5.78 Å². The number of pyridine rings is 2. The van der Waals surface area contributed by atoms with E-state index in [0.29, 0.717) is 34.1 Å². The van der Waals surface area contributed by atoms with Crippen LogP contribution in [0.1, 0.15) is 29.8 Å². The number of carboxylic acid groups (broad SMARTS) is 2. The minimum Gasteiger partial charge on any atom is -0.550 e. The molecule has 0 saturated carbocycles. The minimum absolute atomic E-state index is 0.0932. The molecule has 0 N–H and O–H groups in total. The van der Waals surface area contributed by atoms with E-state index in [1.807, 2.05) is 84.9 Å². The van der Waals surface area contributed by atoms with Gasteiger partial charge in [-0.25, -0.2) is 0 Å². The predicted octanol–water partition coefficient (Wildman–Crippen LogP) is 14.6. The highest BCUT2D eigenvalue weighted by Gasteiger charge is 2.27. The molecule has 2 heterocycles. The third-order valence-electron chi connectivity index (χ3n) is 13.5. The number of rotatable bonds is 14. The van der Waals surface area contributed by atoms with Crippen molar-refractivity contribution in [2.75, 3.05) is 0 Å². The van der Waals surface area contributed by atoms with E-state index < -0.39 is 11.9 Å². The van der Waals surface area contributed by atoms with Gasteiger partial charge in [-0.1, -0.05) is 133 Å². The molecule has 10 aromatic carbocycles. The number of aliphatic carboxylic acids is 2. The number of nitrogens with zero attached hydrogens (tertiary/aromatic N) is 2. The molecule has 12 aromatic rings. The molecule has 9 heteroatoms. The molecule has 0 spiro atoms. The zero-order valence-electron chi connectivity index (χ0n) is 46.1. The van der Waals surface area contributed by atoms with Crippen molar-refractivity contribution in [3.8, 4) is 102 Å². The van der Waals surface area contributed by atoms with Gasteiger partial charge in [0.2, 0.25) is 34.2 Å². The summed E-state index contributed by atoms with van der Waals surface area (Å²) in [6.07, 6.45) is 0. The quantitative estimate of drug-likeness (QED) is 0.0784. The number of ketones is 1. The molecule has 0 aliphatic carbocycles. The summed E-state index contributed by atoms with van der Waals surface area (Å²) in [6, 6.07) is 103. The van der Waals surface area contributed by atoms with Crippen LogP contribution in [-0.4, -0.2) is 17.7 Å². The lowest BCUT2D eigenvalue weighted by Gasteiger charge is -2.13. The monoisotopic (exact) mass is 1100 g/mol. The van der Waals surface area contributed by atoms with Crippen molar-refractivity contribution in [1.82, 2.24) is 0 Å². The molecule has 0 bridgehead atoms. The second kappa shape index (κ2) is 26.8. The smallest absolute Gasteiger partial charge is 0.219 e. The average Bonchev–Trinajstić information content (AvgIpc) is 2.83. The first-order valence-electron chi connectivity index (χ1n) is 27.2. The maximum atomic E-state index is 13.8. The number of hydrogen-bond donors (Lipinski definition) is 0. The van der Waals surface area contributed by atoms with Crippen LogP contribution >= 0.6 is 0 Å². The third-order valence-corrected chi connectivity index (χ3v) is 13.5. The number of ether oxygens (including phenoxy) is 2. The fraction of sp³-hybridized carbons (Fsp3) is 0.0267. The van der Waals surface area contributed by atoms with Gasteiger partial charge in [0.1, 0.15) is 23.0 Å². The van der Waals surface area contributed by atoms with E-state index >= 15 is 0 Å². The summed E-state index contributed by atoms with van der Waals surface area (Å²) in [5.74, 6) is 0.363. The van der Waals surface area contributed by atoms with E-state index in [9.17, 15) is 4.79 Å². The number of benzene rings is 10. The van der Waals surface area contributed by atoms with Crippen LogP contribution in [0.2, 0.25) is 0 Å². The first-order valence-corrected chi connectivity index (χ1v) is 27.2. The fourth-order valence-corrected chi connectivity index (χ4v) is 9.74. The second-order valence-corrected chi connectivity index (χ2v) is 19.4. The lowest BCUT2D eigenvalue weighted by atomic mass is 9.98. The average molecular weight is 1100 g/mol. The molecule has 0 aliphatic rings. The van der Waals surface area contributed by atoms with Crippen LogP contribution in [0.15, 0.2) is 303 Å². The molecular weight excluding hydrogens is 1040 g/mol. The standard InChI is InChI=1S/C71H50N2O3.2C2H4O2/c74-71(57-31-39-63(40-32-57)75-65-43-35-61(36-44-65)72-67(53-23-11-3-12-24-53)47-59(51-19-7-1-8-20-51)48-68(72)54-25-13-4-14-26-54)58-33-41-64(42-34-58)76-66-45-37-62(38-46-66)73-69(55-27-15-5-16-28-55)49-60(52-21-9-2-10-22-52)50-70(73)56-29-17-6-18-30-56;2*1-2(3)4/h1-50H;2*1H3,(H,3,4)/q+2;;/p-2. The van der Waals surface area contributed by atoms with Gasteiger partial charge in [0.15, 0.2) is 5.78 Å². The molecule has 84 heavy (non-hydrogen) atoms. The van der Waals surface area contributed by atoms with Gasteiger partial charge in [-0.3, -0.25) is 4.79 Å². The highest BCUT2D eigenvalue weighted by molar-refractivity contribution is 6.09. The Hall–Kier alpha value is -11.3. The highest BCUT2D eigenvalue weighted by atomic mass is 16.5. The van der Waals surface area contributed by atoms with Gasteiger partial charge in [0, 0.05) is 93.9 Å². The highest BCUT2D eigenvalue weighted by Crippen LogP contribution is 2.34. The Morgan fingerprint density at radius 3 is 0.702 bits per heavy atom. The van der Waals surface area contributed by atoms with Gasteiger partial charge < -0.3 is 29.3 Å². The van der Waals surface area contributed by atoms with E-state index in [1.165, 1.54) is 0 Å². The molecule has 0 fully saturated rings. The molecule has 2 aromatic heterocycles. The maximum absolute atomic E-state index is 13.8. The van der Waals surface area contributed by atoms with Gasteiger partial charge in [-0.05, 0) is 157 Å². The van der Waals surface area contributed by atoms with E-state index in [1.54, 1.807) is 24.3 Å². The van der Waals surface area contributed by atoms with Gasteiger partial charge in [0.05, 0.1) is 0 Å². The van der Waals surface area contributed by atoms with Crippen molar-refractivity contribution in [3.63, 3.8) is 0 Å². The van der Waals surface area contributed by atoms with Crippen LogP contribution < -0.4 is 28.8 Å². The summed E-state index contributed by atoms with van der Waals surface area (Å²) in [4.78, 5) is 31.5. The number of carboxylic acids is 2. The Bertz CT molecular complexity index is 3750. The molecular formula is C75H56N2O7. The van der Waals surface area contributed by atoms with Gasteiger partial charge in [0.25, 0.3) is 0 Å². The van der Waals surface area contributed by atoms with Gasteiger partial charge >= 0.3 is 0 Å². The van der Waals surface area contributed by atoms with Crippen LogP contribution in [-0.2, 0) is 9.59 Å². The SMILES string of the molecule is CC(=O)[O-].CC(=O)[O-].O=C(c1ccc(Oc2ccc(-[n+]3c(-c4ccccc4)cc(-c4ccccc4)cc3-c3ccccc3)cc2)cc1)c1ccc(Oc2ccc(-[n+]3c(-c4ccccc4)cc(-c4ccccc4)cc3-c3ccccc3)cc2)cc1. The zero-order valence-corrected chi connectivity index (χ0v) is 46.1. The van der Waals surface area contributed by atoms with Crippen LogP contribution in [0.4, 0.5) is 0 Å². The molecule has 0 amide bonds. The molecule has 0 atom stereocenters. The Kier molecular flexibility index (Phi) is 17.9. The second-order valence-electron chi connectivity index (χ2n) is 19.4. The summed E-state index contributed by atoms with van der Waals surface area (Å²) in [5.41, 5.74) is 16.4. The summed E-state index contributed by atoms with van der Waals surface area (Å²) >= 11 is 0. The molecule has 0 aliphatic heterocycles. The summed E-state index contributed by atoms with van der Waals surface area (Å²) in [7, 11) is 0. The lowest BCUT2D eigenvalue weighted by Crippen LogP contribution is -2.36. The number of carbonyl (C=O) groups excluding carboxylic acids is 3. The predicted molar refractivity (Wildman–Crippen MR) is 326 cm³/mol. The Balaban J connectivity index is 0.000000926. The van der Waals surface area contributed by atoms with Crippen LogP contribution in [0.5, 0.6) is 23.0 Å². The van der Waals surface area contributed by atoms with Gasteiger partial charge in [-0.2, -0.15) is 9.13 Å². The summed E-state index contributed by atoms with van der Waals surface area (Å²) in [5, 5.41) is 17.8. The Morgan fingerprint density at radius 1 is 0.274 bits per heavy atom. The number of carbonyl (C=O) groups is 3. The normalized spacial score (nSPS) is 10.5. The first-order chi connectivity index (χ1) is 41.0. The van der Waals surface area contributed by atoms with Crippen molar-refractivity contribution in [3.05, 3.63) is 314 Å². The molecule has 408 valence electrons. The molecule has 0 unspecified atom stereocenters. The first kappa shape index (κ1) is 56.0. The molecule has 0 saturated heterocycles. The molecule has 0 radical (unpaired) electrons. The largest absolute Gasteiger partial charge is 0.550 e. The minimum atomic E-state index is -1.08. The molecule has 12 rings (SSSR count).